The van der Waals surface area contributed by atoms with Crippen LogP contribution in [-0.4, -0.2) is 17.4 Å². The molecule has 0 N–H and O–H groups in total. The number of hydrogen-bond donors (Lipinski definition) is 0. The molecule has 0 aromatic carbocycles. The fourth-order valence-electron chi connectivity index (χ4n) is 0.215. The van der Waals surface area contributed by atoms with Crippen molar-refractivity contribution in [2.45, 2.75) is 18.6 Å². The van der Waals surface area contributed by atoms with Crippen LogP contribution in [0.25, 0.3) is 0 Å². The summed E-state index contributed by atoms with van der Waals surface area (Å²) < 4.78 is 25.0. The van der Waals surface area contributed by atoms with Crippen LogP contribution in [0.5, 0.6) is 0 Å². The molecule has 2 nitrogen and oxygen atoms in total. The first-order chi connectivity index (χ1) is 4.89. The second kappa shape index (κ2) is 3.89. The van der Waals surface area contributed by atoms with E-state index < -0.39 is 17.6 Å². The average Bonchev–Trinajstić information content (AvgIpc) is 1.85. The summed E-state index contributed by atoms with van der Waals surface area (Å²) >= 11 is 2.73. The first-order valence-corrected chi connectivity index (χ1v) is 3.12. The summed E-state index contributed by atoms with van der Waals surface area (Å²) in [5, 5.41) is 0. The number of hydrogen-bond acceptors (Lipinski definition) is 2. The highest BCUT2D eigenvalue weighted by atomic mass is 79.9. The highest BCUT2D eigenvalue weighted by molar-refractivity contribution is 9.10. The predicted octanol–water partition coefficient (Wildman–Crippen LogP) is 1.33. The molecule has 0 heterocycles. The van der Waals surface area contributed by atoms with Gasteiger partial charge in [0.25, 0.3) is 0 Å². The number of halogens is 1. The molecule has 0 aliphatic carbocycles. The summed E-state index contributed by atoms with van der Waals surface area (Å²) in [5.41, 5.74) is 0. The van der Waals surface area contributed by atoms with E-state index in [0.717, 1.165) is 0 Å². The van der Waals surface area contributed by atoms with E-state index in [1.54, 1.807) is 6.92 Å². The fraction of sp³-hybridized carbons (Fsp3) is 0.800. The Kier molecular flexibility index (Phi) is 1.89. The molecule has 0 aliphatic rings. The predicted molar refractivity (Wildman–Crippen MR) is 35.0 cm³/mol. The van der Waals surface area contributed by atoms with Crippen molar-refractivity contribution in [1.29, 1.82) is 0 Å². The van der Waals surface area contributed by atoms with Crippen LogP contribution in [-0.2, 0) is 9.53 Å². The van der Waals surface area contributed by atoms with Crippen molar-refractivity contribution in [3.05, 3.63) is 0 Å². The van der Waals surface area contributed by atoms with Crippen LogP contribution in [0.1, 0.15) is 17.9 Å². The molecular weight excluding hydrogens is 172 g/mol. The van der Waals surface area contributed by atoms with Gasteiger partial charge in [-0.3, -0.25) is 4.79 Å². The number of alkyl halides is 1. The van der Waals surface area contributed by atoms with Crippen molar-refractivity contribution < 1.29 is 13.6 Å². The highest BCUT2D eigenvalue weighted by Crippen LogP contribution is 1.98. The Morgan fingerprint density at radius 2 is 2.75 bits per heavy atom. The second-order valence-corrected chi connectivity index (χ2v) is 2.03. The molecular formula is C5H9BrO2. The molecule has 0 spiro atoms. The largest absolute Gasteiger partial charge is 0.465 e. The molecule has 0 bridgehead atoms. The average molecular weight is 184 g/mol. The topological polar surface area (TPSA) is 26.3 Å². The first kappa shape index (κ1) is 3.88. The Bertz CT molecular complexity index is 145. The van der Waals surface area contributed by atoms with E-state index in [1.165, 1.54) is 0 Å². The zero-order chi connectivity index (χ0) is 9.07. The van der Waals surface area contributed by atoms with Crippen LogP contribution >= 0.6 is 15.9 Å². The van der Waals surface area contributed by atoms with Crippen molar-refractivity contribution in [3.63, 3.8) is 0 Å². The van der Waals surface area contributed by atoms with E-state index in [2.05, 4.69) is 20.7 Å². The van der Waals surface area contributed by atoms with Gasteiger partial charge in [-0.15, -0.1) is 0 Å². The molecule has 8 heavy (non-hydrogen) atoms. The van der Waals surface area contributed by atoms with Crippen molar-refractivity contribution in [2.75, 3.05) is 6.61 Å². The zero-order valence-electron chi connectivity index (χ0n) is 7.48. The van der Waals surface area contributed by atoms with Gasteiger partial charge in [0.2, 0.25) is 0 Å². The summed E-state index contributed by atoms with van der Waals surface area (Å²) in [6, 6.07) is 0. The lowest BCUT2D eigenvalue weighted by atomic mass is 10.5. The smallest absolute Gasteiger partial charge is 0.319 e. The molecule has 0 aromatic rings. The van der Waals surface area contributed by atoms with Gasteiger partial charge in [-0.2, -0.15) is 0 Å². The molecule has 0 aromatic heterocycles. The van der Waals surface area contributed by atoms with Gasteiger partial charge in [0.05, 0.1) is 6.61 Å². The van der Waals surface area contributed by atoms with Crippen molar-refractivity contribution in [2.24, 2.45) is 0 Å². The van der Waals surface area contributed by atoms with Gasteiger partial charge in [-0.1, -0.05) is 15.9 Å². The molecule has 0 amide bonds. The Hall–Kier alpha value is -0.0500. The van der Waals surface area contributed by atoms with E-state index in [0.29, 0.717) is 0 Å². The molecule has 0 saturated carbocycles. The van der Waals surface area contributed by atoms with E-state index in [9.17, 15) is 4.79 Å². The van der Waals surface area contributed by atoms with Crippen LogP contribution < -0.4 is 0 Å². The summed E-state index contributed by atoms with van der Waals surface area (Å²) in [6.07, 6.45) is 0. The summed E-state index contributed by atoms with van der Waals surface area (Å²) in [7, 11) is 0. The first-order valence-electron chi connectivity index (χ1n) is 3.70. The minimum absolute atomic E-state index is 0.191. The van der Waals surface area contributed by atoms with E-state index in [-0.39, 0.29) is 6.61 Å². The lowest BCUT2D eigenvalue weighted by Crippen LogP contribution is -2.13. The lowest BCUT2D eigenvalue weighted by Gasteiger charge is -2.00. The summed E-state index contributed by atoms with van der Waals surface area (Å²) in [5.74, 6) is -0.743. The molecule has 0 saturated heterocycles. The van der Waals surface area contributed by atoms with Crippen LogP contribution in [0.2, 0.25) is 0 Å². The van der Waals surface area contributed by atoms with E-state index in [1.807, 2.05) is 0 Å². The molecule has 1 unspecified atom stereocenters. The normalized spacial score (nSPS) is 20.0. The van der Waals surface area contributed by atoms with Crippen molar-refractivity contribution in [1.82, 2.24) is 0 Å². The maximum Gasteiger partial charge on any atom is 0.319 e. The Balaban J connectivity index is 4.03. The second-order valence-electron chi connectivity index (χ2n) is 1.11. The Morgan fingerprint density at radius 3 is 3.12 bits per heavy atom. The zero-order valence-corrected chi connectivity index (χ0v) is 6.06. The Labute approximate surface area is 61.6 Å². The Morgan fingerprint density at radius 1 is 2.12 bits per heavy atom. The molecule has 1 atom stereocenters. The number of esters is 1. The van der Waals surface area contributed by atoms with Crippen LogP contribution in [0.4, 0.5) is 0 Å². The van der Waals surface area contributed by atoms with Crippen molar-refractivity contribution in [3.8, 4) is 0 Å². The van der Waals surface area contributed by atoms with Gasteiger partial charge < -0.3 is 4.74 Å². The van der Waals surface area contributed by atoms with Gasteiger partial charge in [-0.05, 0) is 13.8 Å². The fourth-order valence-corrected chi connectivity index (χ4v) is 0.348. The molecule has 3 heteroatoms. The third kappa shape index (κ3) is 3.02. The third-order valence-corrected chi connectivity index (χ3v) is 0.867. The molecule has 0 radical (unpaired) electrons. The van der Waals surface area contributed by atoms with Gasteiger partial charge in [0.1, 0.15) is 4.83 Å². The molecule has 0 rings (SSSR count). The number of ether oxygens (including phenoxy) is 1. The standard InChI is InChI=1S/C5H9BrO2/c1-3-8-5(7)4(2)6/h4H,3H2,1-2H3/i2D3. The molecule has 0 aliphatic heterocycles. The maximum absolute atomic E-state index is 10.8. The minimum Gasteiger partial charge on any atom is -0.465 e. The summed E-state index contributed by atoms with van der Waals surface area (Å²) in [6.45, 7) is -0.513. The van der Waals surface area contributed by atoms with Gasteiger partial charge in [0, 0.05) is 4.11 Å². The van der Waals surface area contributed by atoms with Gasteiger partial charge >= 0.3 is 5.97 Å². The number of rotatable bonds is 2. The highest BCUT2D eigenvalue weighted by Gasteiger charge is 2.07. The quantitative estimate of drug-likeness (QED) is 0.478. The third-order valence-electron chi connectivity index (χ3n) is 0.494. The molecule has 0 fully saturated rings. The van der Waals surface area contributed by atoms with Crippen LogP contribution in [0.15, 0.2) is 0 Å². The summed E-state index contributed by atoms with van der Waals surface area (Å²) in [4.78, 5) is 9.55. The van der Waals surface area contributed by atoms with Gasteiger partial charge in [-0.25, -0.2) is 0 Å². The van der Waals surface area contributed by atoms with Crippen LogP contribution in [0, 0.1) is 0 Å². The van der Waals surface area contributed by atoms with Crippen LogP contribution in [0.3, 0.4) is 0 Å². The lowest BCUT2D eigenvalue weighted by molar-refractivity contribution is -0.141. The minimum atomic E-state index is -2.33. The van der Waals surface area contributed by atoms with E-state index >= 15 is 0 Å². The van der Waals surface area contributed by atoms with Gasteiger partial charge in [0.15, 0.2) is 0 Å². The van der Waals surface area contributed by atoms with E-state index in [4.69, 9.17) is 4.11 Å². The maximum atomic E-state index is 10.8. The monoisotopic (exact) mass is 183 g/mol. The SMILES string of the molecule is [2H]C([2H])([2H])C(Br)C(=O)OCC. The number of carbonyl (C=O) groups is 1. The molecule has 48 valence electrons. The van der Waals surface area contributed by atoms with Crippen molar-refractivity contribution >= 4 is 21.9 Å². The number of carbonyl (C=O) groups excluding carboxylic acids is 1.